The number of aliphatic imine (C=N–C) groups is 1. The number of rotatable bonds is 4. The highest BCUT2D eigenvalue weighted by molar-refractivity contribution is 7.25. The van der Waals surface area contributed by atoms with E-state index < -0.39 is 0 Å². The summed E-state index contributed by atoms with van der Waals surface area (Å²) in [6, 6.07) is 53.0. The second kappa shape index (κ2) is 10.6. The van der Waals surface area contributed by atoms with Crippen LogP contribution in [0.5, 0.6) is 0 Å². The fraction of sp³-hybridized carbons (Fsp3) is 0.0750. The van der Waals surface area contributed by atoms with Crippen molar-refractivity contribution in [3.05, 3.63) is 162 Å². The van der Waals surface area contributed by atoms with Gasteiger partial charge in [0, 0.05) is 31.8 Å². The molecule has 1 nitrogen and oxygen atoms in total. The minimum Gasteiger partial charge on any atom is -0.253 e. The molecule has 0 radical (unpaired) electrons. The van der Waals surface area contributed by atoms with E-state index in [1.54, 1.807) is 0 Å². The minimum atomic E-state index is 0.348. The highest BCUT2D eigenvalue weighted by Gasteiger charge is 2.22. The summed E-state index contributed by atoms with van der Waals surface area (Å²) in [7, 11) is 0. The van der Waals surface area contributed by atoms with Gasteiger partial charge in [-0.25, -0.2) is 0 Å². The van der Waals surface area contributed by atoms with Crippen LogP contribution in [-0.4, -0.2) is 5.71 Å². The molecule has 0 fully saturated rings. The maximum Gasteiger partial charge on any atom is 0.0671 e. The highest BCUT2D eigenvalue weighted by atomic mass is 32.1. The molecule has 2 heterocycles. The van der Waals surface area contributed by atoms with Gasteiger partial charge in [0.05, 0.1) is 5.69 Å². The largest absolute Gasteiger partial charge is 0.253 e. The van der Waals surface area contributed by atoms with E-state index >= 15 is 0 Å². The Morgan fingerprint density at radius 2 is 1.14 bits per heavy atom. The van der Waals surface area contributed by atoms with Crippen molar-refractivity contribution in [3.8, 4) is 22.3 Å². The van der Waals surface area contributed by atoms with Gasteiger partial charge in [0.15, 0.2) is 0 Å². The van der Waals surface area contributed by atoms with E-state index in [2.05, 4.69) is 146 Å². The highest BCUT2D eigenvalue weighted by Crippen LogP contribution is 2.40. The van der Waals surface area contributed by atoms with E-state index in [4.69, 9.17) is 4.99 Å². The third-order valence-electron chi connectivity index (χ3n) is 8.54. The normalized spacial score (nSPS) is 14.9. The predicted molar refractivity (Wildman–Crippen MR) is 180 cm³/mol. The molecule has 1 aromatic heterocycles. The van der Waals surface area contributed by atoms with Gasteiger partial charge in [-0.1, -0.05) is 109 Å². The quantitative estimate of drug-likeness (QED) is 0.205. The summed E-state index contributed by atoms with van der Waals surface area (Å²) >= 11 is 1.87. The monoisotopic (exact) mass is 555 g/mol. The van der Waals surface area contributed by atoms with Gasteiger partial charge in [-0.2, -0.15) is 0 Å². The van der Waals surface area contributed by atoms with Gasteiger partial charge in [-0.05, 0) is 88.2 Å². The summed E-state index contributed by atoms with van der Waals surface area (Å²) in [6.45, 7) is 0. The summed E-state index contributed by atoms with van der Waals surface area (Å²) in [5.41, 5.74) is 11.1. The number of hydrogen-bond donors (Lipinski definition) is 0. The molecular formula is C40H29NS. The molecule has 200 valence electrons. The Bertz CT molecular complexity index is 2100. The lowest BCUT2D eigenvalue weighted by molar-refractivity contribution is 0.752. The summed E-state index contributed by atoms with van der Waals surface area (Å²) in [5.74, 6) is 0.348. The molecule has 1 aliphatic heterocycles. The first kappa shape index (κ1) is 25.0. The van der Waals surface area contributed by atoms with Crippen LogP contribution in [0.1, 0.15) is 35.4 Å². The number of hydrogen-bond acceptors (Lipinski definition) is 2. The molecule has 1 atom stereocenters. The van der Waals surface area contributed by atoms with E-state index in [1.807, 2.05) is 11.3 Å². The lowest BCUT2D eigenvalue weighted by atomic mass is 9.86. The minimum absolute atomic E-state index is 0.348. The first-order valence-electron chi connectivity index (χ1n) is 14.6. The van der Waals surface area contributed by atoms with Crippen LogP contribution in [0.15, 0.2) is 151 Å². The molecule has 7 aromatic rings. The van der Waals surface area contributed by atoms with Crippen molar-refractivity contribution in [3.63, 3.8) is 0 Å². The van der Waals surface area contributed by atoms with Crippen molar-refractivity contribution in [1.29, 1.82) is 0 Å². The van der Waals surface area contributed by atoms with Crippen molar-refractivity contribution in [2.45, 2.75) is 18.8 Å². The molecule has 0 amide bonds. The molecule has 2 heteroatoms. The average molecular weight is 556 g/mol. The van der Waals surface area contributed by atoms with Gasteiger partial charge < -0.3 is 0 Å². The Hall–Kier alpha value is -4.79. The van der Waals surface area contributed by atoms with Crippen molar-refractivity contribution >= 4 is 42.9 Å². The van der Waals surface area contributed by atoms with Crippen LogP contribution in [0.3, 0.4) is 0 Å². The lowest BCUT2D eigenvalue weighted by Gasteiger charge is -2.17. The third kappa shape index (κ3) is 4.55. The Morgan fingerprint density at radius 3 is 1.98 bits per heavy atom. The Kier molecular flexibility index (Phi) is 6.27. The Morgan fingerprint density at radius 1 is 0.500 bits per heavy atom. The second-order valence-corrected chi connectivity index (χ2v) is 12.2. The Labute approximate surface area is 250 Å². The SMILES string of the molecule is c1ccc(C2CCC(c3cccc(-c4cccc(-c5ccc6sc7ccccc7c6c5)c4)c3)=Nc3ccccc32)cc1. The standard InChI is InChI=1S/C40H29NS/c1-2-10-27(11-3-1)33-21-22-37(41-38-18-6-4-16-34(33)38)32-15-9-14-30(25-32)28-12-8-13-29(24-28)31-20-23-40-36(26-31)35-17-5-7-19-39(35)42-40/h1-20,23-26,33H,21-22H2. The average Bonchev–Trinajstić information content (AvgIpc) is 3.31. The van der Waals surface area contributed by atoms with Crippen LogP contribution < -0.4 is 0 Å². The number of thiophene rings is 1. The molecule has 42 heavy (non-hydrogen) atoms. The van der Waals surface area contributed by atoms with Crippen LogP contribution in [0.25, 0.3) is 42.4 Å². The molecule has 0 N–H and O–H groups in total. The van der Waals surface area contributed by atoms with Crippen LogP contribution in [-0.2, 0) is 0 Å². The summed E-state index contributed by atoms with van der Waals surface area (Å²) in [4.78, 5) is 5.25. The van der Waals surface area contributed by atoms with Gasteiger partial charge in [-0.15, -0.1) is 11.3 Å². The van der Waals surface area contributed by atoms with E-state index in [-0.39, 0.29) is 0 Å². The van der Waals surface area contributed by atoms with Gasteiger partial charge in [-0.3, -0.25) is 4.99 Å². The van der Waals surface area contributed by atoms with Crippen LogP contribution in [0, 0.1) is 0 Å². The van der Waals surface area contributed by atoms with Crippen LogP contribution in [0.4, 0.5) is 5.69 Å². The van der Waals surface area contributed by atoms with Crippen molar-refractivity contribution in [1.82, 2.24) is 0 Å². The smallest absolute Gasteiger partial charge is 0.0671 e. The first-order valence-corrected chi connectivity index (χ1v) is 15.5. The predicted octanol–water partition coefficient (Wildman–Crippen LogP) is 11.4. The second-order valence-electron chi connectivity index (χ2n) is 11.1. The first-order chi connectivity index (χ1) is 20.8. The maximum atomic E-state index is 5.25. The van der Waals surface area contributed by atoms with E-state index in [0.29, 0.717) is 5.92 Å². The molecule has 0 saturated heterocycles. The van der Waals surface area contributed by atoms with E-state index in [9.17, 15) is 0 Å². The van der Waals surface area contributed by atoms with Crippen LogP contribution in [0.2, 0.25) is 0 Å². The fourth-order valence-corrected chi connectivity index (χ4v) is 7.51. The summed E-state index contributed by atoms with van der Waals surface area (Å²) < 4.78 is 2.68. The van der Waals surface area contributed by atoms with Crippen molar-refractivity contribution in [2.75, 3.05) is 0 Å². The zero-order chi connectivity index (χ0) is 27.9. The van der Waals surface area contributed by atoms with Gasteiger partial charge >= 0.3 is 0 Å². The van der Waals surface area contributed by atoms with Crippen LogP contribution >= 0.6 is 11.3 Å². The molecular weight excluding hydrogens is 527 g/mol. The van der Waals surface area contributed by atoms with Crippen molar-refractivity contribution in [2.24, 2.45) is 4.99 Å². The van der Waals surface area contributed by atoms with Crippen molar-refractivity contribution < 1.29 is 0 Å². The van der Waals surface area contributed by atoms with Gasteiger partial charge in [0.25, 0.3) is 0 Å². The topological polar surface area (TPSA) is 12.4 Å². The number of nitrogens with zero attached hydrogens (tertiary/aromatic N) is 1. The molecule has 0 bridgehead atoms. The zero-order valence-electron chi connectivity index (χ0n) is 23.2. The summed E-state index contributed by atoms with van der Waals surface area (Å²) in [6.07, 6.45) is 1.98. The molecule has 1 unspecified atom stereocenters. The van der Waals surface area contributed by atoms with E-state index in [1.165, 1.54) is 59.1 Å². The van der Waals surface area contributed by atoms with Gasteiger partial charge in [0.1, 0.15) is 0 Å². The molecule has 1 aliphatic rings. The fourth-order valence-electron chi connectivity index (χ4n) is 6.42. The Balaban J connectivity index is 1.14. The zero-order valence-corrected chi connectivity index (χ0v) is 24.0. The van der Waals surface area contributed by atoms with E-state index in [0.717, 1.165) is 24.2 Å². The third-order valence-corrected chi connectivity index (χ3v) is 9.69. The lowest BCUT2D eigenvalue weighted by Crippen LogP contribution is -2.04. The molecule has 8 rings (SSSR count). The van der Waals surface area contributed by atoms with Gasteiger partial charge in [0.2, 0.25) is 0 Å². The molecule has 0 spiro atoms. The molecule has 6 aromatic carbocycles. The molecule has 0 saturated carbocycles. The maximum absolute atomic E-state index is 5.25. The number of fused-ring (bicyclic) bond motifs is 4. The summed E-state index contributed by atoms with van der Waals surface area (Å²) in [5, 5.41) is 2.67. The number of benzene rings is 6. The number of para-hydroxylation sites is 1. The molecule has 0 aliphatic carbocycles.